The number of esters is 1. The number of hydrogen-bond acceptors (Lipinski definition) is 7. The smallest absolute Gasteiger partial charge is 0.324 e. The Hall–Kier alpha value is -2.49. The first kappa shape index (κ1) is 26.5. The Morgan fingerprint density at radius 2 is 1.68 bits per heavy atom. The van der Waals surface area contributed by atoms with Crippen LogP contribution in [0.15, 0.2) is 30.3 Å². The molecule has 4 atom stereocenters. The summed E-state index contributed by atoms with van der Waals surface area (Å²) in [6, 6.07) is 7.08. The number of hydrogen-bond donors (Lipinski definition) is 4. The molecule has 1 rings (SSSR count). The molecule has 0 bridgehead atoms. The number of benzene rings is 1. The Bertz CT molecular complexity index is 698. The van der Waals surface area contributed by atoms with Crippen molar-refractivity contribution in [1.82, 2.24) is 16.0 Å². The normalized spacial score (nSPS) is 14.9. The minimum Gasteiger partial charge on any atom is -0.468 e. The second-order valence-corrected chi connectivity index (χ2v) is 7.76. The monoisotopic (exact) mass is 436 g/mol. The molecular weight excluding hydrogens is 400 g/mol. The molecule has 9 nitrogen and oxygen atoms in total. The average molecular weight is 437 g/mol. The van der Waals surface area contributed by atoms with Crippen LogP contribution in [0.4, 0.5) is 0 Å². The van der Waals surface area contributed by atoms with Crippen molar-refractivity contribution in [3.63, 3.8) is 0 Å². The SMILES string of the molecule is CNC(=O)[C@@H](NC(=O)[C@H](CC(C)C)N[C@H](CN)C(=O)OC)[C@@H](C)OCc1ccccc1. The fourth-order valence-electron chi connectivity index (χ4n) is 3.04. The second kappa shape index (κ2) is 13.7. The molecule has 2 amide bonds. The molecular formula is C22H36N4O5. The molecule has 9 heteroatoms. The largest absolute Gasteiger partial charge is 0.468 e. The first-order valence-electron chi connectivity index (χ1n) is 10.4. The van der Waals surface area contributed by atoms with Gasteiger partial charge in [-0.25, -0.2) is 0 Å². The van der Waals surface area contributed by atoms with E-state index in [1.807, 2.05) is 44.2 Å². The number of ether oxygens (including phenoxy) is 2. The summed E-state index contributed by atoms with van der Waals surface area (Å²) < 4.78 is 10.6. The third-order valence-corrected chi connectivity index (χ3v) is 4.80. The van der Waals surface area contributed by atoms with Crippen molar-refractivity contribution in [3.8, 4) is 0 Å². The summed E-state index contributed by atoms with van der Waals surface area (Å²) in [6.07, 6.45) is -0.145. The Labute approximate surface area is 184 Å². The van der Waals surface area contributed by atoms with Gasteiger partial charge in [0.1, 0.15) is 12.1 Å². The van der Waals surface area contributed by atoms with E-state index < -0.39 is 36.1 Å². The van der Waals surface area contributed by atoms with E-state index in [2.05, 4.69) is 16.0 Å². The lowest BCUT2D eigenvalue weighted by atomic mass is 10.0. The third kappa shape index (κ3) is 9.04. The van der Waals surface area contributed by atoms with Gasteiger partial charge >= 0.3 is 5.97 Å². The van der Waals surface area contributed by atoms with Gasteiger partial charge in [0.05, 0.1) is 25.9 Å². The molecule has 0 radical (unpaired) electrons. The molecule has 31 heavy (non-hydrogen) atoms. The van der Waals surface area contributed by atoms with Crippen molar-refractivity contribution >= 4 is 17.8 Å². The Morgan fingerprint density at radius 3 is 2.19 bits per heavy atom. The lowest BCUT2D eigenvalue weighted by Crippen LogP contribution is -2.59. The number of carbonyl (C=O) groups excluding carboxylic acids is 3. The molecule has 0 saturated heterocycles. The predicted molar refractivity (Wildman–Crippen MR) is 118 cm³/mol. The van der Waals surface area contributed by atoms with E-state index in [1.54, 1.807) is 6.92 Å². The van der Waals surface area contributed by atoms with Crippen LogP contribution < -0.4 is 21.7 Å². The Morgan fingerprint density at radius 1 is 1.03 bits per heavy atom. The topological polar surface area (TPSA) is 132 Å². The standard InChI is InChI=1S/C22H36N4O5/c1-14(2)11-17(25-18(12-23)22(29)30-5)20(27)26-19(21(28)24-4)15(3)31-13-16-9-7-6-8-10-16/h6-10,14-15,17-19,25H,11-13,23H2,1-5H3,(H,24,28)(H,26,27)/t15-,17+,18-,19+/m1/s1. The molecule has 174 valence electrons. The summed E-state index contributed by atoms with van der Waals surface area (Å²) in [5.41, 5.74) is 6.62. The molecule has 0 fully saturated rings. The van der Waals surface area contributed by atoms with Crippen molar-refractivity contribution in [2.75, 3.05) is 20.7 Å². The van der Waals surface area contributed by atoms with Crippen LogP contribution in [-0.4, -0.2) is 62.7 Å². The van der Waals surface area contributed by atoms with Crippen LogP contribution in [0.2, 0.25) is 0 Å². The van der Waals surface area contributed by atoms with Gasteiger partial charge < -0.3 is 25.8 Å². The number of likely N-dealkylation sites (N-methyl/N-ethyl adjacent to an activating group) is 1. The number of nitrogens with one attached hydrogen (secondary N) is 3. The summed E-state index contributed by atoms with van der Waals surface area (Å²) >= 11 is 0. The van der Waals surface area contributed by atoms with Crippen LogP contribution in [0.25, 0.3) is 0 Å². The fraction of sp³-hybridized carbons (Fsp3) is 0.591. The lowest BCUT2D eigenvalue weighted by molar-refractivity contribution is -0.143. The summed E-state index contributed by atoms with van der Waals surface area (Å²) in [4.78, 5) is 37.4. The molecule has 0 aliphatic rings. The van der Waals surface area contributed by atoms with Gasteiger partial charge in [-0.05, 0) is 24.8 Å². The number of nitrogens with two attached hydrogens (primary N) is 1. The van der Waals surface area contributed by atoms with Gasteiger partial charge in [0.2, 0.25) is 11.8 Å². The summed E-state index contributed by atoms with van der Waals surface area (Å²) in [5, 5.41) is 8.29. The van der Waals surface area contributed by atoms with Gasteiger partial charge in [0, 0.05) is 13.6 Å². The van der Waals surface area contributed by atoms with Gasteiger partial charge in [0.15, 0.2) is 0 Å². The molecule has 0 aliphatic heterocycles. The summed E-state index contributed by atoms with van der Waals surface area (Å²) in [5.74, 6) is -1.18. The van der Waals surface area contributed by atoms with Crippen LogP contribution >= 0.6 is 0 Å². The number of amides is 2. The maximum Gasteiger partial charge on any atom is 0.324 e. The van der Waals surface area contributed by atoms with E-state index >= 15 is 0 Å². The zero-order chi connectivity index (χ0) is 23.4. The quantitative estimate of drug-likeness (QED) is 0.328. The van der Waals surface area contributed by atoms with Crippen molar-refractivity contribution in [2.45, 2.75) is 58.0 Å². The molecule has 5 N–H and O–H groups in total. The minimum atomic E-state index is -0.910. The first-order chi connectivity index (χ1) is 14.7. The van der Waals surface area contributed by atoms with Gasteiger partial charge in [-0.2, -0.15) is 0 Å². The second-order valence-electron chi connectivity index (χ2n) is 7.76. The number of rotatable bonds is 13. The maximum atomic E-state index is 13.0. The highest BCUT2D eigenvalue weighted by molar-refractivity contribution is 5.90. The average Bonchev–Trinajstić information content (AvgIpc) is 2.77. The molecule has 0 aromatic heterocycles. The van der Waals surface area contributed by atoms with Crippen molar-refractivity contribution in [3.05, 3.63) is 35.9 Å². The summed E-state index contributed by atoms with van der Waals surface area (Å²) in [7, 11) is 2.76. The van der Waals surface area contributed by atoms with Gasteiger partial charge in [-0.15, -0.1) is 0 Å². The molecule has 0 unspecified atom stereocenters. The van der Waals surface area contributed by atoms with Crippen LogP contribution in [-0.2, 0) is 30.5 Å². The number of methoxy groups -OCH3 is 1. The molecule has 0 spiro atoms. The summed E-state index contributed by atoms with van der Waals surface area (Å²) in [6.45, 7) is 5.92. The molecule has 1 aromatic carbocycles. The molecule has 1 aromatic rings. The Balaban J connectivity index is 2.91. The minimum absolute atomic E-state index is 0.0238. The highest BCUT2D eigenvalue weighted by atomic mass is 16.5. The fourth-order valence-corrected chi connectivity index (χ4v) is 3.04. The lowest BCUT2D eigenvalue weighted by Gasteiger charge is -2.28. The van der Waals surface area contributed by atoms with Crippen molar-refractivity contribution < 1.29 is 23.9 Å². The highest BCUT2D eigenvalue weighted by Crippen LogP contribution is 2.10. The van der Waals surface area contributed by atoms with E-state index in [1.165, 1.54) is 14.2 Å². The van der Waals surface area contributed by atoms with E-state index in [0.29, 0.717) is 13.0 Å². The van der Waals surface area contributed by atoms with E-state index in [4.69, 9.17) is 15.2 Å². The maximum absolute atomic E-state index is 13.0. The first-order valence-corrected chi connectivity index (χ1v) is 10.4. The van der Waals surface area contributed by atoms with Crippen LogP contribution in [0, 0.1) is 5.92 Å². The van der Waals surface area contributed by atoms with E-state index in [0.717, 1.165) is 5.56 Å². The van der Waals surface area contributed by atoms with E-state index in [-0.39, 0.29) is 18.4 Å². The van der Waals surface area contributed by atoms with Crippen LogP contribution in [0.1, 0.15) is 32.8 Å². The molecule has 0 aliphatic carbocycles. The van der Waals surface area contributed by atoms with Crippen molar-refractivity contribution in [1.29, 1.82) is 0 Å². The van der Waals surface area contributed by atoms with Gasteiger partial charge in [-0.1, -0.05) is 44.2 Å². The van der Waals surface area contributed by atoms with Crippen molar-refractivity contribution in [2.24, 2.45) is 11.7 Å². The zero-order valence-electron chi connectivity index (χ0n) is 19.0. The van der Waals surface area contributed by atoms with E-state index in [9.17, 15) is 14.4 Å². The van der Waals surface area contributed by atoms with Crippen LogP contribution in [0.3, 0.4) is 0 Å². The highest BCUT2D eigenvalue weighted by Gasteiger charge is 2.32. The van der Waals surface area contributed by atoms with Gasteiger partial charge in [0.25, 0.3) is 0 Å². The third-order valence-electron chi connectivity index (χ3n) is 4.80. The molecule has 0 heterocycles. The molecule has 0 saturated carbocycles. The number of carbonyl (C=O) groups is 3. The zero-order valence-corrected chi connectivity index (χ0v) is 19.0. The van der Waals surface area contributed by atoms with Gasteiger partial charge in [-0.3, -0.25) is 19.7 Å². The van der Waals surface area contributed by atoms with Crippen LogP contribution in [0.5, 0.6) is 0 Å². The predicted octanol–water partition coefficient (Wildman–Crippen LogP) is 0.327. The Kier molecular flexibility index (Phi) is 11.8.